The molecule has 1 unspecified atom stereocenters. The van der Waals surface area contributed by atoms with Gasteiger partial charge in [-0.1, -0.05) is 18.5 Å². The maximum atomic E-state index is 13.1. The Balaban J connectivity index is 2.82. The van der Waals surface area contributed by atoms with Gasteiger partial charge < -0.3 is 11.1 Å². The third kappa shape index (κ3) is 2.93. The Morgan fingerprint density at radius 3 is 2.75 bits per heavy atom. The lowest BCUT2D eigenvalue weighted by Crippen LogP contribution is -2.47. The zero-order valence-corrected chi connectivity index (χ0v) is 9.94. The van der Waals surface area contributed by atoms with E-state index in [4.69, 9.17) is 17.3 Å². The molecule has 1 rings (SSSR count). The van der Waals surface area contributed by atoms with Gasteiger partial charge in [0.15, 0.2) is 0 Å². The Morgan fingerprint density at radius 2 is 2.25 bits per heavy atom. The van der Waals surface area contributed by atoms with Gasteiger partial charge in [-0.25, -0.2) is 4.39 Å². The molecule has 1 amide bonds. The van der Waals surface area contributed by atoms with Gasteiger partial charge in [0.2, 0.25) is 5.91 Å². The van der Waals surface area contributed by atoms with Gasteiger partial charge in [-0.15, -0.1) is 0 Å². The molecular weight excluding hydrogens is 231 g/mol. The van der Waals surface area contributed by atoms with Crippen LogP contribution in [0.25, 0.3) is 0 Å². The molecule has 0 bridgehead atoms. The molecule has 3 nitrogen and oxygen atoms in total. The van der Waals surface area contributed by atoms with Gasteiger partial charge in [0.25, 0.3) is 0 Å². The van der Waals surface area contributed by atoms with Gasteiger partial charge in [-0.3, -0.25) is 4.79 Å². The van der Waals surface area contributed by atoms with E-state index in [0.29, 0.717) is 12.1 Å². The lowest BCUT2D eigenvalue weighted by atomic mass is 9.99. The SMILES string of the molecule is CCC(C)(N)C(=O)Nc1ccc(Cl)c(F)c1. The first kappa shape index (κ1) is 12.9. The smallest absolute Gasteiger partial charge is 0.244 e. The number of hydrogen-bond acceptors (Lipinski definition) is 2. The molecule has 5 heteroatoms. The molecule has 0 aromatic heterocycles. The third-order valence-corrected chi connectivity index (χ3v) is 2.74. The van der Waals surface area contributed by atoms with Crippen molar-refractivity contribution in [3.8, 4) is 0 Å². The van der Waals surface area contributed by atoms with Crippen LogP contribution in [-0.2, 0) is 4.79 Å². The molecule has 0 heterocycles. The van der Waals surface area contributed by atoms with E-state index in [1.54, 1.807) is 6.92 Å². The second-order valence-corrected chi connectivity index (χ2v) is 4.26. The number of halogens is 2. The number of nitrogens with two attached hydrogens (primary N) is 1. The van der Waals surface area contributed by atoms with Crippen LogP contribution < -0.4 is 11.1 Å². The van der Waals surface area contributed by atoms with Crippen LogP contribution in [0.2, 0.25) is 5.02 Å². The first-order chi connectivity index (χ1) is 7.36. The van der Waals surface area contributed by atoms with Gasteiger partial charge in [0.1, 0.15) is 5.82 Å². The van der Waals surface area contributed by atoms with Gasteiger partial charge >= 0.3 is 0 Å². The van der Waals surface area contributed by atoms with Crippen molar-refractivity contribution < 1.29 is 9.18 Å². The van der Waals surface area contributed by atoms with Crippen molar-refractivity contribution in [3.05, 3.63) is 29.0 Å². The average Bonchev–Trinajstić information content (AvgIpc) is 2.23. The molecule has 0 aliphatic heterocycles. The average molecular weight is 245 g/mol. The number of carbonyl (C=O) groups is 1. The molecule has 0 spiro atoms. The number of anilines is 1. The first-order valence-electron chi connectivity index (χ1n) is 4.92. The van der Waals surface area contributed by atoms with Crippen LogP contribution in [-0.4, -0.2) is 11.4 Å². The highest BCUT2D eigenvalue weighted by Gasteiger charge is 2.25. The summed E-state index contributed by atoms with van der Waals surface area (Å²) in [6.07, 6.45) is 0.495. The second kappa shape index (κ2) is 4.80. The number of hydrogen-bond donors (Lipinski definition) is 2. The Labute approximate surface area is 98.8 Å². The van der Waals surface area contributed by atoms with Gasteiger partial charge in [0.05, 0.1) is 10.6 Å². The molecule has 16 heavy (non-hydrogen) atoms. The van der Waals surface area contributed by atoms with E-state index in [9.17, 15) is 9.18 Å². The van der Waals surface area contributed by atoms with Crippen molar-refractivity contribution in [3.63, 3.8) is 0 Å². The third-order valence-electron chi connectivity index (χ3n) is 2.43. The van der Waals surface area contributed by atoms with E-state index in [0.717, 1.165) is 6.07 Å². The quantitative estimate of drug-likeness (QED) is 0.859. The van der Waals surface area contributed by atoms with Gasteiger partial charge in [-0.2, -0.15) is 0 Å². The topological polar surface area (TPSA) is 55.1 Å². The summed E-state index contributed by atoms with van der Waals surface area (Å²) in [7, 11) is 0. The van der Waals surface area contributed by atoms with Crippen LogP contribution in [0, 0.1) is 5.82 Å². The van der Waals surface area contributed by atoms with E-state index < -0.39 is 11.4 Å². The van der Waals surface area contributed by atoms with Crippen molar-refractivity contribution in [2.24, 2.45) is 5.73 Å². The van der Waals surface area contributed by atoms with Crippen molar-refractivity contribution in [1.29, 1.82) is 0 Å². The van der Waals surface area contributed by atoms with Gasteiger partial charge in [-0.05, 0) is 31.5 Å². The summed E-state index contributed by atoms with van der Waals surface area (Å²) >= 11 is 5.52. The lowest BCUT2D eigenvalue weighted by Gasteiger charge is -2.21. The summed E-state index contributed by atoms with van der Waals surface area (Å²) in [5.74, 6) is -0.925. The van der Waals surface area contributed by atoms with E-state index in [1.807, 2.05) is 6.92 Å². The van der Waals surface area contributed by atoms with E-state index in [-0.39, 0.29) is 10.9 Å². The van der Waals surface area contributed by atoms with Crippen molar-refractivity contribution in [2.75, 3.05) is 5.32 Å². The molecule has 0 saturated carbocycles. The Hall–Kier alpha value is -1.13. The Kier molecular flexibility index (Phi) is 3.88. The van der Waals surface area contributed by atoms with Crippen LogP contribution in [0.5, 0.6) is 0 Å². The zero-order chi connectivity index (χ0) is 12.3. The Bertz CT molecular complexity index is 407. The van der Waals surface area contributed by atoms with E-state index >= 15 is 0 Å². The maximum absolute atomic E-state index is 13.1. The standard InChI is InChI=1S/C11H14ClFN2O/c1-3-11(2,14)10(16)15-7-4-5-8(12)9(13)6-7/h4-6H,3,14H2,1-2H3,(H,15,16). The second-order valence-electron chi connectivity index (χ2n) is 3.85. The summed E-state index contributed by atoms with van der Waals surface area (Å²) in [5, 5.41) is 2.56. The van der Waals surface area contributed by atoms with Crippen molar-refractivity contribution in [1.82, 2.24) is 0 Å². The van der Waals surface area contributed by atoms with Crippen molar-refractivity contribution >= 4 is 23.2 Å². The maximum Gasteiger partial charge on any atom is 0.244 e. The van der Waals surface area contributed by atoms with Crippen molar-refractivity contribution in [2.45, 2.75) is 25.8 Å². The van der Waals surface area contributed by atoms with Crippen LogP contribution in [0.4, 0.5) is 10.1 Å². The number of carbonyl (C=O) groups excluding carboxylic acids is 1. The van der Waals surface area contributed by atoms with Crippen LogP contribution in [0.1, 0.15) is 20.3 Å². The molecule has 1 aromatic rings. The van der Waals surface area contributed by atoms with Crippen LogP contribution in [0.15, 0.2) is 18.2 Å². The highest BCUT2D eigenvalue weighted by molar-refractivity contribution is 6.30. The number of amides is 1. The summed E-state index contributed by atoms with van der Waals surface area (Å²) < 4.78 is 13.1. The first-order valence-corrected chi connectivity index (χ1v) is 5.30. The van der Waals surface area contributed by atoms with E-state index in [1.165, 1.54) is 12.1 Å². The molecular formula is C11H14ClFN2O. The number of rotatable bonds is 3. The lowest BCUT2D eigenvalue weighted by molar-refractivity contribution is -0.120. The minimum atomic E-state index is -0.962. The summed E-state index contributed by atoms with van der Waals surface area (Å²) in [4.78, 5) is 11.7. The summed E-state index contributed by atoms with van der Waals surface area (Å²) in [5.41, 5.74) is 5.13. The highest BCUT2D eigenvalue weighted by atomic mass is 35.5. The monoisotopic (exact) mass is 244 g/mol. The normalized spacial score (nSPS) is 14.3. The molecule has 88 valence electrons. The fourth-order valence-electron chi connectivity index (χ4n) is 1.01. The highest BCUT2D eigenvalue weighted by Crippen LogP contribution is 2.19. The molecule has 1 aromatic carbocycles. The molecule has 0 saturated heterocycles. The predicted molar refractivity (Wildman–Crippen MR) is 62.9 cm³/mol. The molecule has 0 radical (unpaired) electrons. The summed E-state index contributed by atoms with van der Waals surface area (Å²) in [6.45, 7) is 3.43. The molecule has 3 N–H and O–H groups in total. The Morgan fingerprint density at radius 1 is 1.62 bits per heavy atom. The number of benzene rings is 1. The molecule has 0 aliphatic carbocycles. The fourth-order valence-corrected chi connectivity index (χ4v) is 1.13. The molecule has 0 aliphatic rings. The fraction of sp³-hybridized carbons (Fsp3) is 0.364. The van der Waals surface area contributed by atoms with Crippen LogP contribution >= 0.6 is 11.6 Å². The largest absolute Gasteiger partial charge is 0.324 e. The van der Waals surface area contributed by atoms with Gasteiger partial charge in [0, 0.05) is 5.69 Å². The summed E-state index contributed by atoms with van der Waals surface area (Å²) in [6, 6.07) is 4.06. The zero-order valence-electron chi connectivity index (χ0n) is 9.18. The predicted octanol–water partition coefficient (Wildman–Crippen LogP) is 2.55. The molecule has 1 atom stereocenters. The molecule has 0 fully saturated rings. The van der Waals surface area contributed by atoms with Crippen LogP contribution in [0.3, 0.4) is 0 Å². The number of nitrogens with one attached hydrogen (secondary N) is 1. The minimum absolute atomic E-state index is 0.0176. The van der Waals surface area contributed by atoms with E-state index in [2.05, 4.69) is 5.32 Å². The minimum Gasteiger partial charge on any atom is -0.324 e.